The van der Waals surface area contributed by atoms with E-state index in [0.29, 0.717) is 37.5 Å². The highest BCUT2D eigenvalue weighted by Gasteiger charge is 2.30. The number of nitrogens with zero attached hydrogens (tertiary/aromatic N) is 4. The van der Waals surface area contributed by atoms with Crippen molar-refractivity contribution in [2.45, 2.75) is 31.8 Å². The number of benzene rings is 1. The summed E-state index contributed by atoms with van der Waals surface area (Å²) in [5, 5.41) is 6.74. The number of ether oxygens (including phenoxy) is 1. The average Bonchev–Trinajstić information content (AvgIpc) is 3.55. The minimum Gasteiger partial charge on any atom is -0.447 e. The van der Waals surface area contributed by atoms with E-state index in [-0.39, 0.29) is 6.09 Å². The quantitative estimate of drug-likeness (QED) is 0.677. The van der Waals surface area contributed by atoms with Gasteiger partial charge in [-0.1, -0.05) is 37.1 Å². The Kier molecular flexibility index (Phi) is 5.99. The number of hydrogen-bond donors (Lipinski definition) is 2. The number of carbonyl (C=O) groups is 1. The normalized spacial score (nSPS) is 20.5. The van der Waals surface area contributed by atoms with E-state index in [1.807, 2.05) is 0 Å². The van der Waals surface area contributed by atoms with Gasteiger partial charge in [-0.2, -0.15) is 4.98 Å². The molecule has 5 rings (SSSR count). The fourth-order valence-electron chi connectivity index (χ4n) is 4.38. The van der Waals surface area contributed by atoms with Gasteiger partial charge >= 0.3 is 6.09 Å². The summed E-state index contributed by atoms with van der Waals surface area (Å²) in [5.41, 5.74) is 2.60. The topological polar surface area (TPSA) is 82.6 Å². The van der Waals surface area contributed by atoms with Crippen LogP contribution in [0.15, 0.2) is 36.5 Å². The highest BCUT2D eigenvalue weighted by molar-refractivity contribution is 5.88. The number of rotatable bonds is 8. The van der Waals surface area contributed by atoms with Crippen molar-refractivity contribution >= 4 is 17.9 Å². The molecule has 2 N–H and O–H groups in total. The summed E-state index contributed by atoms with van der Waals surface area (Å²) >= 11 is 0. The molecule has 3 heterocycles. The van der Waals surface area contributed by atoms with E-state index < -0.39 is 0 Å². The van der Waals surface area contributed by atoms with E-state index >= 15 is 0 Å². The third-order valence-electron chi connectivity index (χ3n) is 6.34. The molecule has 8 nitrogen and oxygen atoms in total. The third kappa shape index (κ3) is 4.97. The minimum absolute atomic E-state index is 0.356. The Morgan fingerprint density at radius 2 is 1.94 bits per heavy atom. The lowest BCUT2D eigenvalue weighted by Crippen LogP contribution is -2.45. The predicted molar refractivity (Wildman–Crippen MR) is 119 cm³/mol. The van der Waals surface area contributed by atoms with Crippen LogP contribution in [-0.2, 0) is 11.3 Å². The van der Waals surface area contributed by atoms with Crippen LogP contribution in [0, 0.1) is 5.92 Å². The Bertz CT molecular complexity index is 895. The fourth-order valence-corrected chi connectivity index (χ4v) is 4.38. The van der Waals surface area contributed by atoms with Crippen molar-refractivity contribution in [3.05, 3.63) is 47.7 Å². The second-order valence-corrected chi connectivity index (χ2v) is 8.58. The SMILES string of the molecule is O=C1OCCN1c1ccnc(NCc2ccc(C(CC3CC3)N3CCNCC3)cc2)n1. The van der Waals surface area contributed by atoms with Crippen molar-refractivity contribution in [2.24, 2.45) is 5.92 Å². The standard InChI is InChI=1S/C23H30N6O2/c30-23-29(13-14-31-23)21-7-8-25-22(27-21)26-16-18-3-5-19(6-4-18)20(15-17-1-2-17)28-11-9-24-10-12-28/h3-8,17,20,24H,1-2,9-16H2,(H,25,26,27). The predicted octanol–water partition coefficient (Wildman–Crippen LogP) is 2.79. The summed E-state index contributed by atoms with van der Waals surface area (Å²) in [4.78, 5) is 24.7. The van der Waals surface area contributed by atoms with Gasteiger partial charge in [0.2, 0.25) is 5.95 Å². The van der Waals surface area contributed by atoms with E-state index in [1.165, 1.54) is 35.3 Å². The molecule has 1 atom stereocenters. The molecule has 1 aromatic heterocycles. The summed E-state index contributed by atoms with van der Waals surface area (Å²) in [6.45, 7) is 5.96. The van der Waals surface area contributed by atoms with E-state index in [2.05, 4.69) is 49.8 Å². The summed E-state index contributed by atoms with van der Waals surface area (Å²) in [6.07, 6.45) is 5.36. The lowest BCUT2D eigenvalue weighted by Gasteiger charge is -2.35. The molecule has 31 heavy (non-hydrogen) atoms. The van der Waals surface area contributed by atoms with Gasteiger partial charge in [0.25, 0.3) is 0 Å². The smallest absolute Gasteiger partial charge is 0.415 e. The molecule has 0 spiro atoms. The molecule has 2 saturated heterocycles. The molecule has 3 aliphatic rings. The molecule has 1 aromatic carbocycles. The van der Waals surface area contributed by atoms with Crippen molar-refractivity contribution < 1.29 is 9.53 Å². The summed E-state index contributed by atoms with van der Waals surface area (Å²) in [5.74, 6) is 1.97. The van der Waals surface area contributed by atoms with Crippen molar-refractivity contribution in [3.63, 3.8) is 0 Å². The second kappa shape index (κ2) is 9.20. The van der Waals surface area contributed by atoms with E-state index in [9.17, 15) is 4.79 Å². The van der Waals surface area contributed by atoms with Gasteiger partial charge in [0.1, 0.15) is 12.4 Å². The van der Waals surface area contributed by atoms with Gasteiger partial charge < -0.3 is 15.4 Å². The zero-order valence-electron chi connectivity index (χ0n) is 17.8. The summed E-state index contributed by atoms with van der Waals surface area (Å²) in [6, 6.07) is 11.2. The second-order valence-electron chi connectivity index (χ2n) is 8.58. The average molecular weight is 423 g/mol. The number of piperazine rings is 1. The van der Waals surface area contributed by atoms with Gasteiger partial charge in [-0.25, -0.2) is 9.78 Å². The van der Waals surface area contributed by atoms with Gasteiger partial charge in [0.05, 0.1) is 6.54 Å². The van der Waals surface area contributed by atoms with Gasteiger partial charge in [-0.3, -0.25) is 9.80 Å². The lowest BCUT2D eigenvalue weighted by molar-refractivity contribution is 0.160. The molecular formula is C23H30N6O2. The molecular weight excluding hydrogens is 392 g/mol. The summed E-state index contributed by atoms with van der Waals surface area (Å²) < 4.78 is 4.99. The molecule has 1 unspecified atom stereocenters. The maximum Gasteiger partial charge on any atom is 0.415 e. The molecule has 2 aliphatic heterocycles. The molecule has 0 radical (unpaired) electrons. The van der Waals surface area contributed by atoms with Crippen molar-refractivity contribution in [1.29, 1.82) is 0 Å². The van der Waals surface area contributed by atoms with Crippen LogP contribution in [0.3, 0.4) is 0 Å². The van der Waals surface area contributed by atoms with Crippen molar-refractivity contribution in [2.75, 3.05) is 49.5 Å². The van der Waals surface area contributed by atoms with Crippen LogP contribution in [0.2, 0.25) is 0 Å². The van der Waals surface area contributed by atoms with Gasteiger partial charge in [0.15, 0.2) is 0 Å². The molecule has 1 aliphatic carbocycles. The number of hydrogen-bond acceptors (Lipinski definition) is 7. The van der Waals surface area contributed by atoms with Crippen LogP contribution in [0.5, 0.6) is 0 Å². The zero-order chi connectivity index (χ0) is 21.0. The number of amides is 1. The van der Waals surface area contributed by atoms with E-state index in [4.69, 9.17) is 4.74 Å². The Balaban J connectivity index is 1.22. The van der Waals surface area contributed by atoms with Gasteiger partial charge in [-0.15, -0.1) is 0 Å². The number of nitrogens with one attached hydrogen (secondary N) is 2. The van der Waals surface area contributed by atoms with Crippen LogP contribution >= 0.6 is 0 Å². The highest BCUT2D eigenvalue weighted by Crippen LogP contribution is 2.40. The Labute approximate surface area is 183 Å². The third-order valence-corrected chi connectivity index (χ3v) is 6.34. The van der Waals surface area contributed by atoms with E-state index in [1.54, 1.807) is 12.3 Å². The molecule has 3 fully saturated rings. The Morgan fingerprint density at radius 3 is 2.65 bits per heavy atom. The van der Waals surface area contributed by atoms with Crippen LogP contribution in [-0.4, -0.2) is 60.3 Å². The van der Waals surface area contributed by atoms with Crippen LogP contribution in [0.4, 0.5) is 16.6 Å². The first kappa shape index (κ1) is 20.2. The first-order valence-electron chi connectivity index (χ1n) is 11.3. The minimum atomic E-state index is -0.356. The number of aromatic nitrogens is 2. The maximum atomic E-state index is 11.8. The van der Waals surface area contributed by atoms with Crippen LogP contribution in [0.1, 0.15) is 36.4 Å². The largest absolute Gasteiger partial charge is 0.447 e. The molecule has 1 saturated carbocycles. The van der Waals surface area contributed by atoms with Crippen LogP contribution < -0.4 is 15.5 Å². The molecule has 1 amide bonds. The first-order chi connectivity index (χ1) is 15.3. The monoisotopic (exact) mass is 422 g/mol. The first-order valence-corrected chi connectivity index (χ1v) is 11.3. The molecule has 2 aromatic rings. The van der Waals surface area contributed by atoms with Crippen molar-refractivity contribution in [3.8, 4) is 0 Å². The maximum absolute atomic E-state index is 11.8. The number of carbonyl (C=O) groups excluding carboxylic acids is 1. The van der Waals surface area contributed by atoms with E-state index in [0.717, 1.165) is 32.1 Å². The fraction of sp³-hybridized carbons (Fsp3) is 0.522. The number of anilines is 2. The Hall–Kier alpha value is -2.71. The molecule has 164 valence electrons. The summed E-state index contributed by atoms with van der Waals surface area (Å²) in [7, 11) is 0. The van der Waals surface area contributed by atoms with Gasteiger partial charge in [-0.05, 0) is 29.5 Å². The van der Waals surface area contributed by atoms with Crippen LogP contribution in [0.25, 0.3) is 0 Å². The zero-order valence-corrected chi connectivity index (χ0v) is 17.8. The molecule has 8 heteroatoms. The van der Waals surface area contributed by atoms with Gasteiger partial charge in [0, 0.05) is 45.0 Å². The lowest BCUT2D eigenvalue weighted by atomic mass is 9.97. The molecule has 0 bridgehead atoms. The van der Waals surface area contributed by atoms with Crippen molar-refractivity contribution in [1.82, 2.24) is 20.2 Å². The Morgan fingerprint density at radius 1 is 1.13 bits per heavy atom. The highest BCUT2D eigenvalue weighted by atomic mass is 16.6. The number of cyclic esters (lactones) is 1.